The second-order valence-corrected chi connectivity index (χ2v) is 11.6. The van der Waals surface area contributed by atoms with Crippen LogP contribution in [0.1, 0.15) is 39.0 Å². The fourth-order valence-electron chi connectivity index (χ4n) is 6.71. The zero-order chi connectivity index (χ0) is 29.0. The van der Waals surface area contributed by atoms with Crippen molar-refractivity contribution in [1.82, 2.24) is 24.7 Å². The van der Waals surface area contributed by atoms with Gasteiger partial charge in [-0.1, -0.05) is 43.7 Å². The topological polar surface area (TPSA) is 90.7 Å². The lowest BCUT2D eigenvalue weighted by atomic mass is 9.66. The van der Waals surface area contributed by atoms with E-state index in [1.807, 2.05) is 41.0 Å². The Balaban J connectivity index is 1.34. The molecule has 1 aromatic heterocycles. The number of amides is 2. The second-order valence-electron chi connectivity index (χ2n) is 11.6. The summed E-state index contributed by atoms with van der Waals surface area (Å²) in [6.07, 6.45) is 13.2. The van der Waals surface area contributed by atoms with Crippen LogP contribution in [0.3, 0.4) is 0 Å². The molecule has 3 heterocycles. The van der Waals surface area contributed by atoms with E-state index in [2.05, 4.69) is 16.9 Å². The Morgan fingerprint density at radius 3 is 2.66 bits per heavy atom. The number of urea groups is 1. The van der Waals surface area contributed by atoms with Gasteiger partial charge in [0, 0.05) is 49.8 Å². The van der Waals surface area contributed by atoms with Gasteiger partial charge in [0.05, 0.1) is 30.2 Å². The van der Waals surface area contributed by atoms with Gasteiger partial charge in [0.1, 0.15) is 5.82 Å². The molecule has 1 saturated carbocycles. The number of piperidine rings is 1. The van der Waals surface area contributed by atoms with E-state index in [1.54, 1.807) is 12.1 Å². The molecular formula is C32H40FN5O3. The van der Waals surface area contributed by atoms with E-state index in [9.17, 15) is 19.1 Å². The molecule has 0 radical (unpaired) electrons. The molecule has 218 valence electrons. The predicted molar refractivity (Wildman–Crippen MR) is 158 cm³/mol. The summed E-state index contributed by atoms with van der Waals surface area (Å²) in [6.45, 7) is 9.14. The van der Waals surface area contributed by atoms with Crippen molar-refractivity contribution in [3.8, 4) is 11.3 Å². The molecule has 2 amide bonds. The van der Waals surface area contributed by atoms with Gasteiger partial charge in [0.25, 0.3) is 5.56 Å². The second kappa shape index (κ2) is 12.1. The van der Waals surface area contributed by atoms with Crippen LogP contribution in [0.25, 0.3) is 11.3 Å². The number of nitrogens with zero attached hydrogens (tertiary/aromatic N) is 4. The number of aromatic nitrogens is 2. The minimum absolute atomic E-state index is 0.0205. The maximum Gasteiger partial charge on any atom is 0.320 e. The third-order valence-electron chi connectivity index (χ3n) is 9.09. The first-order chi connectivity index (χ1) is 19.7. The van der Waals surface area contributed by atoms with Crippen molar-refractivity contribution in [2.24, 2.45) is 5.41 Å². The van der Waals surface area contributed by atoms with Crippen LogP contribution in [0.5, 0.6) is 0 Å². The summed E-state index contributed by atoms with van der Waals surface area (Å²) < 4.78 is 14.8. The lowest BCUT2D eigenvalue weighted by Gasteiger charge is -2.53. The van der Waals surface area contributed by atoms with Crippen molar-refractivity contribution >= 4 is 6.03 Å². The van der Waals surface area contributed by atoms with Crippen LogP contribution >= 0.6 is 0 Å². The number of allylic oxidation sites excluding steroid dienone is 3. The zero-order valence-corrected chi connectivity index (χ0v) is 23.8. The number of carbonyl (C=O) groups excluding carboxylic acids is 1. The Labute approximate surface area is 240 Å². The normalized spacial score (nSPS) is 24.5. The van der Waals surface area contributed by atoms with Crippen LogP contribution in [0.2, 0.25) is 0 Å². The van der Waals surface area contributed by atoms with Gasteiger partial charge in [-0.3, -0.25) is 9.36 Å². The van der Waals surface area contributed by atoms with E-state index < -0.39 is 11.0 Å². The number of piperazine rings is 1. The highest BCUT2D eigenvalue weighted by atomic mass is 19.1. The van der Waals surface area contributed by atoms with E-state index in [4.69, 9.17) is 0 Å². The Kier molecular flexibility index (Phi) is 8.56. The van der Waals surface area contributed by atoms with Crippen LogP contribution in [0.15, 0.2) is 77.9 Å². The summed E-state index contributed by atoms with van der Waals surface area (Å²) in [6, 6.07) is 7.12. The summed E-state index contributed by atoms with van der Waals surface area (Å²) in [5.41, 5.74) is 0.0746. The summed E-state index contributed by atoms with van der Waals surface area (Å²) in [4.78, 5) is 35.3. The first-order valence-corrected chi connectivity index (χ1v) is 14.5. The molecule has 8 nitrogen and oxygen atoms in total. The van der Waals surface area contributed by atoms with Crippen molar-refractivity contribution in [1.29, 1.82) is 0 Å². The number of carbonyl (C=O) groups is 1. The molecule has 0 unspecified atom stereocenters. The molecule has 1 spiro atoms. The van der Waals surface area contributed by atoms with Gasteiger partial charge in [-0.15, -0.1) is 0 Å². The van der Waals surface area contributed by atoms with Crippen molar-refractivity contribution in [3.63, 3.8) is 0 Å². The van der Waals surface area contributed by atoms with E-state index in [0.29, 0.717) is 43.9 Å². The standard InChI is InChI=1S/C32H40FN5O3/c1-3-4-5-8-24(2)28-20-34-16-18-38(28)30(40)36-17-15-32(41,31(21-36)13-6-7-14-31)22-37-23-35-27(19-29(37)39)25-9-11-26(33)12-10-25/h3-5,8-12,19,23,28,34,41H,2,6-7,13-18,20-22H2,1H3/b4-3-,8-5-/t28-,32+/m0/s1. The average Bonchev–Trinajstić information content (AvgIpc) is 3.46. The monoisotopic (exact) mass is 561 g/mol. The Morgan fingerprint density at radius 1 is 1.20 bits per heavy atom. The van der Waals surface area contributed by atoms with Crippen molar-refractivity contribution in [3.05, 3.63) is 89.3 Å². The van der Waals surface area contributed by atoms with Gasteiger partial charge >= 0.3 is 6.03 Å². The summed E-state index contributed by atoms with van der Waals surface area (Å²) in [5.74, 6) is -0.352. The SMILES string of the molecule is C=C(/C=C\C=C/C)[C@@H]1CNCCN1C(=O)N1CC[C@@](O)(Cn2cnc(-c3ccc(F)cc3)cc2=O)C2(CCCC2)C1. The van der Waals surface area contributed by atoms with Crippen LogP contribution in [-0.2, 0) is 6.54 Å². The fourth-order valence-corrected chi connectivity index (χ4v) is 6.71. The number of benzene rings is 1. The first kappa shape index (κ1) is 29.0. The molecule has 5 rings (SSSR count). The molecule has 2 saturated heterocycles. The molecule has 2 aromatic rings. The van der Waals surface area contributed by atoms with Crippen molar-refractivity contribution < 1.29 is 14.3 Å². The number of nitrogens with one attached hydrogen (secondary N) is 1. The van der Waals surface area contributed by atoms with Crippen molar-refractivity contribution in [2.75, 3.05) is 32.7 Å². The number of likely N-dealkylation sites (tertiary alicyclic amines) is 1. The molecule has 2 atom stereocenters. The van der Waals surface area contributed by atoms with Gasteiger partial charge in [0.2, 0.25) is 0 Å². The number of rotatable bonds is 6. The number of hydrogen-bond acceptors (Lipinski definition) is 5. The van der Waals surface area contributed by atoms with Crippen LogP contribution in [0.4, 0.5) is 9.18 Å². The molecule has 2 aliphatic heterocycles. The minimum atomic E-state index is -1.15. The third kappa shape index (κ3) is 5.92. The van der Waals surface area contributed by atoms with Crippen molar-refractivity contribution in [2.45, 2.75) is 57.2 Å². The first-order valence-electron chi connectivity index (χ1n) is 14.5. The molecule has 1 aromatic carbocycles. The molecular weight excluding hydrogens is 521 g/mol. The Morgan fingerprint density at radius 2 is 1.95 bits per heavy atom. The maximum absolute atomic E-state index is 13.9. The highest BCUT2D eigenvalue weighted by molar-refractivity contribution is 5.76. The quantitative estimate of drug-likeness (QED) is 0.518. The van der Waals surface area contributed by atoms with Crippen LogP contribution in [-0.4, -0.2) is 74.9 Å². The highest BCUT2D eigenvalue weighted by Crippen LogP contribution is 2.51. The molecule has 41 heavy (non-hydrogen) atoms. The summed E-state index contributed by atoms with van der Waals surface area (Å²) >= 11 is 0. The minimum Gasteiger partial charge on any atom is -0.387 e. The van der Waals surface area contributed by atoms with E-state index in [1.165, 1.54) is 29.1 Å². The Bertz CT molecular complexity index is 1380. The molecule has 2 N–H and O–H groups in total. The number of halogens is 1. The van der Waals surface area contributed by atoms with Gasteiger partial charge in [0.15, 0.2) is 0 Å². The van der Waals surface area contributed by atoms with Gasteiger partial charge < -0.3 is 20.2 Å². The fraction of sp³-hybridized carbons (Fsp3) is 0.469. The van der Waals surface area contributed by atoms with E-state index >= 15 is 0 Å². The predicted octanol–water partition coefficient (Wildman–Crippen LogP) is 4.13. The molecule has 0 bridgehead atoms. The highest BCUT2D eigenvalue weighted by Gasteiger charge is 2.56. The maximum atomic E-state index is 13.9. The number of hydrogen-bond donors (Lipinski definition) is 2. The third-order valence-corrected chi connectivity index (χ3v) is 9.09. The zero-order valence-electron chi connectivity index (χ0n) is 23.8. The number of aliphatic hydroxyl groups is 1. The molecule has 3 aliphatic rings. The smallest absolute Gasteiger partial charge is 0.320 e. The largest absolute Gasteiger partial charge is 0.387 e. The van der Waals surface area contributed by atoms with Crippen LogP contribution in [0, 0.1) is 11.2 Å². The Hall–Kier alpha value is -3.56. The van der Waals surface area contributed by atoms with Gasteiger partial charge in [-0.2, -0.15) is 0 Å². The molecule has 1 aliphatic carbocycles. The van der Waals surface area contributed by atoms with E-state index in [-0.39, 0.29) is 30.0 Å². The van der Waals surface area contributed by atoms with E-state index in [0.717, 1.165) is 37.8 Å². The molecule has 3 fully saturated rings. The van der Waals surface area contributed by atoms with Crippen LogP contribution < -0.4 is 10.9 Å². The van der Waals surface area contributed by atoms with Gasteiger partial charge in [-0.05, 0) is 56.0 Å². The van der Waals surface area contributed by atoms with Gasteiger partial charge in [-0.25, -0.2) is 14.2 Å². The summed E-state index contributed by atoms with van der Waals surface area (Å²) in [7, 11) is 0. The summed E-state index contributed by atoms with van der Waals surface area (Å²) in [5, 5.41) is 15.6. The molecule has 9 heteroatoms. The lowest BCUT2D eigenvalue weighted by Crippen LogP contribution is -2.65. The lowest BCUT2D eigenvalue weighted by molar-refractivity contribution is -0.136. The average molecular weight is 562 g/mol.